The molecule has 0 aliphatic heterocycles. The first-order chi connectivity index (χ1) is 8.54. The van der Waals surface area contributed by atoms with Crippen molar-refractivity contribution in [3.8, 4) is 11.5 Å². The molecule has 100 valence electrons. The lowest BCUT2D eigenvalue weighted by molar-refractivity contribution is 0.0506. The predicted molar refractivity (Wildman–Crippen MR) is 74.0 cm³/mol. The second kappa shape index (κ2) is 7.74. The molecule has 0 aliphatic rings. The number of hydrogen-bond donors (Lipinski definition) is 0. The van der Waals surface area contributed by atoms with E-state index in [2.05, 4.69) is 0 Å². The summed E-state index contributed by atoms with van der Waals surface area (Å²) in [5, 5.41) is 0.461. The van der Waals surface area contributed by atoms with E-state index in [4.69, 9.17) is 49.0 Å². The van der Waals surface area contributed by atoms with Gasteiger partial charge >= 0.3 is 0 Å². The maximum Gasteiger partial charge on any atom is 0.188 e. The minimum atomic E-state index is 0.144. The van der Waals surface area contributed by atoms with Gasteiger partial charge in [0.25, 0.3) is 0 Å². The maximum absolute atomic E-state index is 6.08. The van der Waals surface area contributed by atoms with Crippen molar-refractivity contribution in [1.82, 2.24) is 0 Å². The van der Waals surface area contributed by atoms with Crippen LogP contribution in [0.5, 0.6) is 11.5 Å². The molecule has 0 atom stereocenters. The van der Waals surface area contributed by atoms with E-state index in [1.807, 2.05) is 13.0 Å². The molecule has 1 rings (SSSR count). The lowest BCUT2D eigenvalue weighted by atomic mass is 10.2. The number of ether oxygens (including phenoxy) is 3. The Labute approximate surface area is 121 Å². The molecule has 0 saturated carbocycles. The zero-order valence-electron chi connectivity index (χ0n) is 10.0. The average molecular weight is 312 g/mol. The molecule has 0 aromatic heterocycles. The average Bonchev–Trinajstić information content (AvgIpc) is 2.27. The molecule has 0 heterocycles. The topological polar surface area (TPSA) is 27.7 Å². The Morgan fingerprint density at radius 1 is 1.28 bits per heavy atom. The van der Waals surface area contributed by atoms with Crippen molar-refractivity contribution in [1.29, 1.82) is 0 Å². The largest absolute Gasteiger partial charge is 0.489 e. The Kier molecular flexibility index (Phi) is 6.65. The molecular formula is C12H13Cl3O3. The third kappa shape index (κ3) is 4.94. The summed E-state index contributed by atoms with van der Waals surface area (Å²) in [5.74, 6) is 1.20. The second-order valence-corrected chi connectivity index (χ2v) is 4.82. The van der Waals surface area contributed by atoms with Crippen LogP contribution in [0.25, 0.3) is 0 Å². The van der Waals surface area contributed by atoms with Crippen molar-refractivity contribution in [3.05, 3.63) is 33.3 Å². The number of halogens is 3. The normalized spacial score (nSPS) is 10.1. The van der Waals surface area contributed by atoms with Gasteiger partial charge in [0.05, 0.1) is 5.02 Å². The fourth-order valence-electron chi connectivity index (χ4n) is 1.28. The third-order valence-electron chi connectivity index (χ3n) is 2.01. The van der Waals surface area contributed by atoms with Crippen molar-refractivity contribution < 1.29 is 14.2 Å². The third-order valence-corrected chi connectivity index (χ3v) is 2.60. The summed E-state index contributed by atoms with van der Waals surface area (Å²) < 4.78 is 15.8. The highest BCUT2D eigenvalue weighted by Crippen LogP contribution is 2.33. The number of rotatable bonds is 6. The molecule has 0 spiro atoms. The van der Waals surface area contributed by atoms with Crippen molar-refractivity contribution in [2.24, 2.45) is 0 Å². The van der Waals surface area contributed by atoms with Gasteiger partial charge in [-0.3, -0.25) is 0 Å². The highest BCUT2D eigenvalue weighted by molar-refractivity contribution is 6.55. The molecule has 0 aliphatic carbocycles. The van der Waals surface area contributed by atoms with Crippen LogP contribution in [0.15, 0.2) is 22.7 Å². The van der Waals surface area contributed by atoms with E-state index in [0.717, 1.165) is 5.56 Å². The Bertz CT molecular complexity index is 406. The van der Waals surface area contributed by atoms with Crippen LogP contribution in [-0.2, 0) is 4.74 Å². The number of aryl methyl sites for hydroxylation is 1. The number of benzene rings is 1. The first kappa shape index (κ1) is 15.4. The van der Waals surface area contributed by atoms with Crippen molar-refractivity contribution in [3.63, 3.8) is 0 Å². The highest BCUT2D eigenvalue weighted by Gasteiger charge is 2.08. The summed E-state index contributed by atoms with van der Waals surface area (Å²) >= 11 is 17.0. The summed E-state index contributed by atoms with van der Waals surface area (Å²) in [4.78, 5) is 0. The smallest absolute Gasteiger partial charge is 0.188 e. The first-order valence-electron chi connectivity index (χ1n) is 5.10. The molecule has 0 saturated heterocycles. The van der Waals surface area contributed by atoms with Crippen LogP contribution in [0.4, 0.5) is 0 Å². The summed E-state index contributed by atoms with van der Waals surface area (Å²) in [6.07, 6.45) is 1.54. The van der Waals surface area contributed by atoms with Gasteiger partial charge in [0.1, 0.15) is 22.6 Å². The Morgan fingerprint density at radius 3 is 2.56 bits per heavy atom. The summed E-state index contributed by atoms with van der Waals surface area (Å²) in [7, 11) is 1.54. The van der Waals surface area contributed by atoms with Gasteiger partial charge in [-0.05, 0) is 24.6 Å². The van der Waals surface area contributed by atoms with E-state index in [1.165, 1.54) is 0 Å². The van der Waals surface area contributed by atoms with Crippen molar-refractivity contribution in [2.75, 3.05) is 20.5 Å². The predicted octanol–water partition coefficient (Wildman–Crippen LogP) is 4.33. The van der Waals surface area contributed by atoms with Gasteiger partial charge in [0, 0.05) is 13.2 Å². The lowest BCUT2D eigenvalue weighted by Crippen LogP contribution is -2.02. The van der Waals surface area contributed by atoms with Crippen molar-refractivity contribution in [2.45, 2.75) is 6.92 Å². The molecule has 0 amide bonds. The summed E-state index contributed by atoms with van der Waals surface area (Å²) in [6.45, 7) is 2.29. The molecule has 1 aromatic rings. The molecule has 0 fully saturated rings. The summed E-state index contributed by atoms with van der Waals surface area (Å²) in [5.41, 5.74) is 0.857. The molecule has 3 nitrogen and oxygen atoms in total. The van der Waals surface area contributed by atoms with Gasteiger partial charge in [0.15, 0.2) is 6.79 Å². The maximum atomic E-state index is 6.08. The van der Waals surface area contributed by atoms with Crippen LogP contribution in [0, 0.1) is 6.92 Å². The first-order valence-corrected chi connectivity index (χ1v) is 6.23. The Morgan fingerprint density at radius 2 is 2.00 bits per heavy atom. The zero-order chi connectivity index (χ0) is 13.5. The number of methoxy groups -OCH3 is 1. The molecule has 1 aromatic carbocycles. The molecule has 0 N–H and O–H groups in total. The monoisotopic (exact) mass is 310 g/mol. The van der Waals surface area contributed by atoms with Gasteiger partial charge in [-0.1, -0.05) is 34.8 Å². The van der Waals surface area contributed by atoms with Gasteiger partial charge in [0.2, 0.25) is 0 Å². The van der Waals surface area contributed by atoms with E-state index in [0.29, 0.717) is 16.5 Å². The van der Waals surface area contributed by atoms with E-state index >= 15 is 0 Å². The van der Waals surface area contributed by atoms with Gasteiger partial charge in [-0.25, -0.2) is 0 Å². The molecular weight excluding hydrogens is 298 g/mol. The number of hydrogen-bond acceptors (Lipinski definition) is 3. The van der Waals surface area contributed by atoms with Crippen molar-refractivity contribution >= 4 is 34.8 Å². The SMILES string of the molecule is COCOc1c(C)cc(OCC=C(Cl)Cl)cc1Cl. The van der Waals surface area contributed by atoms with Gasteiger partial charge in [-0.2, -0.15) is 0 Å². The summed E-state index contributed by atoms with van der Waals surface area (Å²) in [6, 6.07) is 3.47. The minimum absolute atomic E-state index is 0.144. The fourth-order valence-corrected chi connectivity index (χ4v) is 1.72. The molecule has 0 bridgehead atoms. The molecule has 6 heteroatoms. The highest BCUT2D eigenvalue weighted by atomic mass is 35.5. The van der Waals surface area contributed by atoms with Crippen LogP contribution in [0.1, 0.15) is 5.56 Å². The van der Waals surface area contributed by atoms with Crippen LogP contribution in [0.3, 0.4) is 0 Å². The van der Waals surface area contributed by atoms with Crippen LogP contribution < -0.4 is 9.47 Å². The Balaban J connectivity index is 2.76. The van der Waals surface area contributed by atoms with Gasteiger partial charge in [-0.15, -0.1) is 0 Å². The molecule has 0 unspecified atom stereocenters. The second-order valence-electron chi connectivity index (χ2n) is 3.41. The minimum Gasteiger partial charge on any atom is -0.489 e. The fraction of sp³-hybridized carbons (Fsp3) is 0.333. The molecule has 0 radical (unpaired) electrons. The van der Waals surface area contributed by atoms with E-state index in [9.17, 15) is 0 Å². The Hall–Kier alpha value is -0.610. The standard InChI is InChI=1S/C12H13Cl3O3/c1-8-5-9(17-4-3-11(14)15)6-10(13)12(8)18-7-16-2/h3,5-6H,4,7H2,1-2H3. The van der Waals surface area contributed by atoms with Crippen LogP contribution in [0.2, 0.25) is 5.02 Å². The van der Waals surface area contributed by atoms with E-state index in [1.54, 1.807) is 19.3 Å². The van der Waals surface area contributed by atoms with E-state index < -0.39 is 0 Å². The van der Waals surface area contributed by atoms with Gasteiger partial charge < -0.3 is 14.2 Å². The van der Waals surface area contributed by atoms with Crippen LogP contribution >= 0.6 is 34.8 Å². The quantitative estimate of drug-likeness (QED) is 0.732. The van der Waals surface area contributed by atoms with E-state index in [-0.39, 0.29) is 17.9 Å². The zero-order valence-corrected chi connectivity index (χ0v) is 12.3. The lowest BCUT2D eigenvalue weighted by Gasteiger charge is -2.12. The molecule has 18 heavy (non-hydrogen) atoms. The van der Waals surface area contributed by atoms with Crippen LogP contribution in [-0.4, -0.2) is 20.5 Å².